The number of ketones is 1. The van der Waals surface area contributed by atoms with E-state index in [1.54, 1.807) is 0 Å². The Labute approximate surface area is 115 Å². The number of ether oxygens (including phenoxy) is 1. The van der Waals surface area contributed by atoms with Crippen molar-refractivity contribution in [1.29, 1.82) is 0 Å². The van der Waals surface area contributed by atoms with E-state index in [9.17, 15) is 4.79 Å². The van der Waals surface area contributed by atoms with Gasteiger partial charge >= 0.3 is 0 Å². The first-order valence-electron chi connectivity index (χ1n) is 7.54. The number of carbonyl (C=O) groups is 1. The van der Waals surface area contributed by atoms with Gasteiger partial charge in [-0.2, -0.15) is 0 Å². The number of benzene rings is 1. The van der Waals surface area contributed by atoms with E-state index in [2.05, 4.69) is 6.92 Å². The second kappa shape index (κ2) is 4.99. The van der Waals surface area contributed by atoms with Crippen molar-refractivity contribution in [2.45, 2.75) is 57.5 Å². The van der Waals surface area contributed by atoms with Gasteiger partial charge in [-0.25, -0.2) is 0 Å². The molecule has 0 bridgehead atoms. The highest BCUT2D eigenvalue weighted by atomic mass is 16.5. The number of fused-ring (bicyclic) bond motifs is 1. The van der Waals surface area contributed by atoms with Gasteiger partial charge in [0.25, 0.3) is 0 Å². The fraction of sp³-hybridized carbons (Fsp3) is 0.588. The average molecular weight is 258 g/mol. The number of Topliss-reactive ketones (excluding diaryl/α,β-unsaturated/α-hetero) is 1. The number of rotatable bonds is 1. The first-order chi connectivity index (χ1) is 9.22. The molecule has 2 nitrogen and oxygen atoms in total. The highest BCUT2D eigenvalue weighted by Crippen LogP contribution is 2.42. The standard InChI is InChI=1S/C17H22O2/c1-2-13-6-5-10-17(11-9-13)12-15(18)14-7-3-4-8-16(14)19-17/h3-4,7-8,13H,2,5-6,9-12H2,1H3. The maximum absolute atomic E-state index is 12.3. The van der Waals surface area contributed by atoms with Crippen LogP contribution in [0.2, 0.25) is 0 Å². The quantitative estimate of drug-likeness (QED) is 0.747. The fourth-order valence-corrected chi connectivity index (χ4v) is 3.58. The van der Waals surface area contributed by atoms with Crippen LogP contribution < -0.4 is 4.74 Å². The number of hydrogen-bond acceptors (Lipinski definition) is 2. The van der Waals surface area contributed by atoms with Crippen molar-refractivity contribution in [2.75, 3.05) is 0 Å². The zero-order valence-electron chi connectivity index (χ0n) is 11.7. The highest BCUT2D eigenvalue weighted by molar-refractivity contribution is 6.00. The van der Waals surface area contributed by atoms with Gasteiger partial charge in [-0.05, 0) is 43.7 Å². The van der Waals surface area contributed by atoms with Gasteiger partial charge in [0.15, 0.2) is 5.78 Å². The summed E-state index contributed by atoms with van der Waals surface area (Å²) in [7, 11) is 0. The molecule has 3 rings (SSSR count). The van der Waals surface area contributed by atoms with Crippen LogP contribution in [0.1, 0.15) is 62.2 Å². The lowest BCUT2D eigenvalue weighted by atomic mass is 9.84. The van der Waals surface area contributed by atoms with Crippen LogP contribution in [0.3, 0.4) is 0 Å². The maximum atomic E-state index is 12.3. The summed E-state index contributed by atoms with van der Waals surface area (Å²) in [6.07, 6.45) is 7.56. The minimum Gasteiger partial charge on any atom is -0.486 e. The smallest absolute Gasteiger partial charge is 0.170 e. The van der Waals surface area contributed by atoms with E-state index in [1.165, 1.54) is 25.7 Å². The van der Waals surface area contributed by atoms with Crippen LogP contribution in [0.4, 0.5) is 0 Å². The van der Waals surface area contributed by atoms with E-state index >= 15 is 0 Å². The van der Waals surface area contributed by atoms with E-state index in [0.29, 0.717) is 6.42 Å². The van der Waals surface area contributed by atoms with Crippen molar-refractivity contribution in [1.82, 2.24) is 0 Å². The molecular weight excluding hydrogens is 236 g/mol. The van der Waals surface area contributed by atoms with Gasteiger partial charge in [0.1, 0.15) is 11.4 Å². The molecule has 19 heavy (non-hydrogen) atoms. The summed E-state index contributed by atoms with van der Waals surface area (Å²) in [5.41, 5.74) is 0.555. The predicted molar refractivity (Wildman–Crippen MR) is 75.6 cm³/mol. The van der Waals surface area contributed by atoms with Gasteiger partial charge in [0.05, 0.1) is 12.0 Å². The van der Waals surface area contributed by atoms with Crippen molar-refractivity contribution in [3.05, 3.63) is 29.8 Å². The Morgan fingerprint density at radius 2 is 2.11 bits per heavy atom. The monoisotopic (exact) mass is 258 g/mol. The molecule has 0 aromatic heterocycles. The number of hydrogen-bond donors (Lipinski definition) is 0. The molecule has 1 saturated carbocycles. The molecule has 1 aliphatic carbocycles. The third-order valence-corrected chi connectivity index (χ3v) is 4.83. The van der Waals surface area contributed by atoms with Crippen molar-refractivity contribution in [3.8, 4) is 5.75 Å². The van der Waals surface area contributed by atoms with Gasteiger partial charge in [-0.3, -0.25) is 4.79 Å². The molecule has 1 aromatic carbocycles. The molecule has 0 N–H and O–H groups in total. The summed E-state index contributed by atoms with van der Waals surface area (Å²) >= 11 is 0. The first-order valence-corrected chi connectivity index (χ1v) is 7.54. The molecule has 1 aromatic rings. The molecule has 0 saturated heterocycles. The lowest BCUT2D eigenvalue weighted by Gasteiger charge is -2.37. The van der Waals surface area contributed by atoms with Gasteiger partial charge in [0.2, 0.25) is 0 Å². The topological polar surface area (TPSA) is 26.3 Å². The van der Waals surface area contributed by atoms with E-state index < -0.39 is 0 Å². The van der Waals surface area contributed by atoms with E-state index in [4.69, 9.17) is 4.74 Å². The van der Waals surface area contributed by atoms with Crippen LogP contribution in [0.5, 0.6) is 5.75 Å². The van der Waals surface area contributed by atoms with E-state index in [1.807, 2.05) is 24.3 Å². The van der Waals surface area contributed by atoms with Crippen LogP contribution in [0.25, 0.3) is 0 Å². The van der Waals surface area contributed by atoms with Gasteiger partial charge in [-0.1, -0.05) is 31.9 Å². The molecule has 0 amide bonds. The van der Waals surface area contributed by atoms with Crippen LogP contribution in [0.15, 0.2) is 24.3 Å². The van der Waals surface area contributed by atoms with Crippen molar-refractivity contribution in [3.63, 3.8) is 0 Å². The molecule has 0 radical (unpaired) electrons. The SMILES string of the molecule is CCC1CCCC2(CC1)CC(=O)c1ccccc1O2. The molecule has 102 valence electrons. The Morgan fingerprint density at radius 1 is 1.26 bits per heavy atom. The van der Waals surface area contributed by atoms with Gasteiger partial charge < -0.3 is 4.74 Å². The molecule has 1 heterocycles. The third-order valence-electron chi connectivity index (χ3n) is 4.83. The fourth-order valence-electron chi connectivity index (χ4n) is 3.58. The van der Waals surface area contributed by atoms with Gasteiger partial charge in [-0.15, -0.1) is 0 Å². The first kappa shape index (κ1) is 12.7. The maximum Gasteiger partial charge on any atom is 0.170 e. The van der Waals surface area contributed by atoms with Crippen molar-refractivity contribution >= 4 is 5.78 Å². The summed E-state index contributed by atoms with van der Waals surface area (Å²) in [4.78, 5) is 12.3. The molecule has 1 aliphatic heterocycles. The Balaban J connectivity index is 1.85. The van der Waals surface area contributed by atoms with Crippen LogP contribution >= 0.6 is 0 Å². The Kier molecular flexibility index (Phi) is 3.34. The summed E-state index contributed by atoms with van der Waals surface area (Å²) in [5, 5.41) is 0. The summed E-state index contributed by atoms with van der Waals surface area (Å²) in [6.45, 7) is 2.27. The lowest BCUT2D eigenvalue weighted by molar-refractivity contribution is 0.0289. The normalized spacial score (nSPS) is 30.6. The second-order valence-electron chi connectivity index (χ2n) is 6.09. The average Bonchev–Trinajstić information content (AvgIpc) is 2.61. The van der Waals surface area contributed by atoms with Crippen LogP contribution in [-0.4, -0.2) is 11.4 Å². The molecule has 1 fully saturated rings. The Bertz CT molecular complexity index is 480. The highest BCUT2D eigenvalue weighted by Gasteiger charge is 2.41. The Hall–Kier alpha value is -1.31. The third kappa shape index (κ3) is 2.41. The van der Waals surface area contributed by atoms with Gasteiger partial charge in [0, 0.05) is 0 Å². The summed E-state index contributed by atoms with van der Waals surface area (Å²) in [5.74, 6) is 1.88. The molecule has 2 heteroatoms. The van der Waals surface area contributed by atoms with E-state index in [-0.39, 0.29) is 11.4 Å². The second-order valence-corrected chi connectivity index (χ2v) is 6.09. The largest absolute Gasteiger partial charge is 0.486 e. The van der Waals surface area contributed by atoms with E-state index in [0.717, 1.165) is 30.1 Å². The Morgan fingerprint density at radius 3 is 2.95 bits per heavy atom. The van der Waals surface area contributed by atoms with Crippen molar-refractivity contribution < 1.29 is 9.53 Å². The molecule has 2 unspecified atom stereocenters. The predicted octanol–water partition coefficient (Wildman–Crippen LogP) is 4.38. The number of carbonyl (C=O) groups excluding carboxylic acids is 1. The van der Waals surface area contributed by atoms with Crippen LogP contribution in [0, 0.1) is 5.92 Å². The lowest BCUT2D eigenvalue weighted by Crippen LogP contribution is -2.41. The molecular formula is C17H22O2. The minimum atomic E-state index is -0.213. The summed E-state index contributed by atoms with van der Waals surface area (Å²) in [6, 6.07) is 7.70. The molecule has 2 atom stereocenters. The summed E-state index contributed by atoms with van der Waals surface area (Å²) < 4.78 is 6.28. The zero-order chi connectivity index (χ0) is 13.3. The van der Waals surface area contributed by atoms with Crippen LogP contribution in [-0.2, 0) is 0 Å². The molecule has 2 aliphatic rings. The number of para-hydroxylation sites is 1. The molecule has 1 spiro atoms. The minimum absolute atomic E-state index is 0.213. The van der Waals surface area contributed by atoms with Crippen molar-refractivity contribution in [2.24, 2.45) is 5.92 Å². The zero-order valence-corrected chi connectivity index (χ0v) is 11.7.